The SMILES string of the molecule is O=C(c1ccc2[nH]ncc2n1)N1CCO[C@@H](Cc2ccccc2)C1. The lowest BCUT2D eigenvalue weighted by atomic mass is 10.1. The molecule has 0 saturated carbocycles. The van der Waals surface area contributed by atoms with Gasteiger partial charge in [0.25, 0.3) is 5.91 Å². The van der Waals surface area contributed by atoms with E-state index in [1.165, 1.54) is 5.56 Å². The van der Waals surface area contributed by atoms with Crippen molar-refractivity contribution in [1.82, 2.24) is 20.1 Å². The summed E-state index contributed by atoms with van der Waals surface area (Å²) >= 11 is 0. The molecule has 1 amide bonds. The number of rotatable bonds is 3. The maximum atomic E-state index is 12.7. The molecule has 0 radical (unpaired) electrons. The summed E-state index contributed by atoms with van der Waals surface area (Å²) in [7, 11) is 0. The van der Waals surface area contributed by atoms with Crippen molar-refractivity contribution in [3.8, 4) is 0 Å². The number of hydrogen-bond donors (Lipinski definition) is 1. The number of nitrogens with zero attached hydrogens (tertiary/aromatic N) is 3. The van der Waals surface area contributed by atoms with Crippen LogP contribution < -0.4 is 0 Å². The fourth-order valence-electron chi connectivity index (χ4n) is 3.02. The monoisotopic (exact) mass is 322 g/mol. The minimum absolute atomic E-state index is 0.0164. The van der Waals surface area contributed by atoms with Crippen molar-refractivity contribution < 1.29 is 9.53 Å². The van der Waals surface area contributed by atoms with Crippen molar-refractivity contribution in [1.29, 1.82) is 0 Å². The number of pyridine rings is 1. The highest BCUT2D eigenvalue weighted by Crippen LogP contribution is 2.15. The lowest BCUT2D eigenvalue weighted by Gasteiger charge is -2.33. The standard InChI is InChI=1S/C18H18N4O2/c23-18(16-7-6-15-17(20-16)11-19-21-15)22-8-9-24-14(12-22)10-13-4-2-1-3-5-13/h1-7,11,14H,8-10,12H2,(H,19,21)/t14-/m0/s1. The summed E-state index contributed by atoms with van der Waals surface area (Å²) in [5, 5.41) is 6.78. The third kappa shape index (κ3) is 3.00. The first-order chi connectivity index (χ1) is 11.8. The first-order valence-electron chi connectivity index (χ1n) is 8.04. The number of amides is 1. The predicted octanol–water partition coefficient (Wildman–Crippen LogP) is 2.04. The average molecular weight is 322 g/mol. The first-order valence-corrected chi connectivity index (χ1v) is 8.04. The van der Waals surface area contributed by atoms with Gasteiger partial charge in [-0.1, -0.05) is 30.3 Å². The van der Waals surface area contributed by atoms with Crippen LogP contribution in [0.4, 0.5) is 0 Å². The van der Waals surface area contributed by atoms with Crippen molar-refractivity contribution in [2.45, 2.75) is 12.5 Å². The van der Waals surface area contributed by atoms with Gasteiger partial charge in [-0.15, -0.1) is 0 Å². The highest BCUT2D eigenvalue weighted by atomic mass is 16.5. The Labute approximate surface area is 139 Å². The Morgan fingerprint density at radius 1 is 1.25 bits per heavy atom. The molecule has 0 aliphatic carbocycles. The second-order valence-electron chi connectivity index (χ2n) is 5.93. The molecule has 1 N–H and O–H groups in total. The molecule has 1 atom stereocenters. The number of aromatic nitrogens is 3. The second-order valence-corrected chi connectivity index (χ2v) is 5.93. The average Bonchev–Trinajstić information content (AvgIpc) is 3.10. The van der Waals surface area contributed by atoms with Crippen LogP contribution in [0.2, 0.25) is 0 Å². The minimum Gasteiger partial charge on any atom is -0.374 e. The molecule has 6 heteroatoms. The van der Waals surface area contributed by atoms with Crippen LogP contribution in [0.1, 0.15) is 16.1 Å². The van der Waals surface area contributed by atoms with Gasteiger partial charge in [-0.25, -0.2) is 4.98 Å². The third-order valence-electron chi connectivity index (χ3n) is 4.25. The van der Waals surface area contributed by atoms with Gasteiger partial charge in [-0.3, -0.25) is 9.89 Å². The molecule has 1 aliphatic heterocycles. The number of benzene rings is 1. The van der Waals surface area contributed by atoms with Gasteiger partial charge in [-0.2, -0.15) is 5.10 Å². The van der Waals surface area contributed by atoms with Gasteiger partial charge in [0.05, 0.1) is 24.4 Å². The Morgan fingerprint density at radius 3 is 3.00 bits per heavy atom. The van der Waals surface area contributed by atoms with Crippen molar-refractivity contribution in [3.63, 3.8) is 0 Å². The number of carbonyl (C=O) groups excluding carboxylic acids is 1. The second kappa shape index (κ2) is 6.41. The van der Waals surface area contributed by atoms with Crippen molar-refractivity contribution in [2.24, 2.45) is 0 Å². The quantitative estimate of drug-likeness (QED) is 0.801. The minimum atomic E-state index is -0.0561. The van der Waals surface area contributed by atoms with Crippen molar-refractivity contribution >= 4 is 16.9 Å². The van der Waals surface area contributed by atoms with Gasteiger partial charge in [0.15, 0.2) is 0 Å². The van der Waals surface area contributed by atoms with Gasteiger partial charge in [0, 0.05) is 19.5 Å². The fraction of sp³-hybridized carbons (Fsp3) is 0.278. The van der Waals surface area contributed by atoms with Gasteiger partial charge in [-0.05, 0) is 17.7 Å². The predicted molar refractivity (Wildman–Crippen MR) is 89.7 cm³/mol. The van der Waals surface area contributed by atoms with Crippen LogP contribution in [0.3, 0.4) is 0 Å². The Balaban J connectivity index is 1.47. The smallest absolute Gasteiger partial charge is 0.272 e. The largest absolute Gasteiger partial charge is 0.374 e. The molecule has 0 bridgehead atoms. The van der Waals surface area contributed by atoms with Crippen LogP contribution in [0.15, 0.2) is 48.7 Å². The number of morpholine rings is 1. The first kappa shape index (κ1) is 14.8. The van der Waals surface area contributed by atoms with Gasteiger partial charge >= 0.3 is 0 Å². The molecule has 4 rings (SSSR count). The summed E-state index contributed by atoms with van der Waals surface area (Å²) in [6.45, 7) is 1.73. The molecule has 3 heterocycles. The molecule has 3 aromatic rings. The maximum Gasteiger partial charge on any atom is 0.272 e. The normalized spacial score (nSPS) is 18.0. The zero-order valence-corrected chi connectivity index (χ0v) is 13.2. The van der Waals surface area contributed by atoms with Crippen molar-refractivity contribution in [2.75, 3.05) is 19.7 Å². The van der Waals surface area contributed by atoms with E-state index in [1.54, 1.807) is 12.3 Å². The Bertz CT molecular complexity index is 846. The molecular formula is C18H18N4O2. The van der Waals surface area contributed by atoms with E-state index in [0.717, 1.165) is 11.9 Å². The summed E-state index contributed by atoms with van der Waals surface area (Å²) in [6.07, 6.45) is 2.45. The number of hydrogen-bond acceptors (Lipinski definition) is 4. The highest BCUT2D eigenvalue weighted by Gasteiger charge is 2.26. The lowest BCUT2D eigenvalue weighted by molar-refractivity contribution is -0.0210. The van der Waals surface area contributed by atoms with Crippen LogP contribution in [-0.2, 0) is 11.2 Å². The highest BCUT2D eigenvalue weighted by molar-refractivity contribution is 5.94. The van der Waals surface area contributed by atoms with Gasteiger partial charge < -0.3 is 9.64 Å². The molecule has 24 heavy (non-hydrogen) atoms. The zero-order chi connectivity index (χ0) is 16.4. The van der Waals surface area contributed by atoms with Gasteiger partial charge in [0.1, 0.15) is 11.2 Å². The van der Waals surface area contributed by atoms with Crippen LogP contribution in [0.25, 0.3) is 11.0 Å². The molecule has 1 aromatic carbocycles. The summed E-state index contributed by atoms with van der Waals surface area (Å²) in [4.78, 5) is 19.0. The van der Waals surface area contributed by atoms with Crippen LogP contribution in [0.5, 0.6) is 0 Å². The molecule has 122 valence electrons. The molecule has 0 spiro atoms. The fourth-order valence-corrected chi connectivity index (χ4v) is 3.02. The zero-order valence-electron chi connectivity index (χ0n) is 13.2. The van der Waals surface area contributed by atoms with E-state index in [9.17, 15) is 4.79 Å². The summed E-state index contributed by atoms with van der Waals surface area (Å²) in [5.74, 6) is -0.0561. The maximum absolute atomic E-state index is 12.7. The topological polar surface area (TPSA) is 71.1 Å². The van der Waals surface area contributed by atoms with E-state index in [4.69, 9.17) is 4.74 Å². The summed E-state index contributed by atoms with van der Waals surface area (Å²) in [5.41, 5.74) is 3.20. The Kier molecular flexibility index (Phi) is 3.96. The number of aromatic amines is 1. The Hall–Kier alpha value is -2.73. The third-order valence-corrected chi connectivity index (χ3v) is 4.25. The van der Waals surface area contributed by atoms with E-state index in [2.05, 4.69) is 27.3 Å². The van der Waals surface area contributed by atoms with Crippen molar-refractivity contribution in [3.05, 3.63) is 59.9 Å². The van der Waals surface area contributed by atoms with E-state index in [-0.39, 0.29) is 12.0 Å². The summed E-state index contributed by atoms with van der Waals surface area (Å²) in [6, 6.07) is 13.8. The van der Waals surface area contributed by atoms with Crippen LogP contribution in [-0.4, -0.2) is 51.8 Å². The number of fused-ring (bicyclic) bond motifs is 1. The molecule has 1 saturated heterocycles. The molecule has 1 fully saturated rings. The number of ether oxygens (including phenoxy) is 1. The number of nitrogens with one attached hydrogen (secondary N) is 1. The van der Waals surface area contributed by atoms with Gasteiger partial charge in [0.2, 0.25) is 0 Å². The lowest BCUT2D eigenvalue weighted by Crippen LogP contribution is -2.46. The van der Waals surface area contributed by atoms with E-state index in [0.29, 0.717) is 30.9 Å². The molecule has 1 aliphatic rings. The summed E-state index contributed by atoms with van der Waals surface area (Å²) < 4.78 is 5.83. The number of H-pyrrole nitrogens is 1. The molecule has 6 nitrogen and oxygen atoms in total. The number of carbonyl (C=O) groups is 1. The van der Waals surface area contributed by atoms with E-state index in [1.807, 2.05) is 29.2 Å². The van der Waals surface area contributed by atoms with E-state index >= 15 is 0 Å². The van der Waals surface area contributed by atoms with E-state index < -0.39 is 0 Å². The van der Waals surface area contributed by atoms with Crippen LogP contribution >= 0.6 is 0 Å². The van der Waals surface area contributed by atoms with Crippen LogP contribution in [0, 0.1) is 0 Å². The Morgan fingerprint density at radius 2 is 2.12 bits per heavy atom. The molecule has 0 unspecified atom stereocenters. The molecular weight excluding hydrogens is 304 g/mol. The molecule has 2 aromatic heterocycles.